The smallest absolute Gasteiger partial charge is 0.275 e. The molecule has 3 aromatic rings. The summed E-state index contributed by atoms with van der Waals surface area (Å²) in [5.74, 6) is 6.20. The number of amides is 1. The monoisotopic (exact) mass is 445 g/mol. The van der Waals surface area contributed by atoms with Gasteiger partial charge >= 0.3 is 0 Å². The van der Waals surface area contributed by atoms with Crippen LogP contribution in [0.4, 0.5) is 5.69 Å². The molecule has 0 spiro atoms. The summed E-state index contributed by atoms with van der Waals surface area (Å²) in [7, 11) is 0. The molecule has 0 aliphatic carbocycles. The second-order valence-electron chi connectivity index (χ2n) is 6.54. The van der Waals surface area contributed by atoms with Gasteiger partial charge in [-0.2, -0.15) is 0 Å². The van der Waals surface area contributed by atoms with E-state index < -0.39 is 0 Å². The minimum atomic E-state index is -0.365. The zero-order valence-corrected chi connectivity index (χ0v) is 18.4. The van der Waals surface area contributed by atoms with Crippen LogP contribution in [-0.4, -0.2) is 27.6 Å². The summed E-state index contributed by atoms with van der Waals surface area (Å²) >= 11 is 1.49. The van der Waals surface area contributed by atoms with Gasteiger partial charge in [-0.25, -0.2) is 9.97 Å². The lowest BCUT2D eigenvalue weighted by Gasteiger charge is -2.07. The lowest BCUT2D eigenvalue weighted by atomic mass is 10.2. The SMILES string of the molecule is CC#CCOc1cnc(C(=O)Nc2cccc(CN=C(N)SCc3ccccc3)c2)cn1. The van der Waals surface area contributed by atoms with Crippen molar-refractivity contribution < 1.29 is 9.53 Å². The molecule has 1 heterocycles. The minimum absolute atomic E-state index is 0.184. The molecule has 2 aromatic carbocycles. The van der Waals surface area contributed by atoms with E-state index in [0.29, 0.717) is 23.3 Å². The number of hydrogen-bond acceptors (Lipinski definition) is 6. The van der Waals surface area contributed by atoms with Crippen LogP contribution < -0.4 is 15.8 Å². The Bertz CT molecular complexity index is 1120. The number of anilines is 1. The van der Waals surface area contributed by atoms with Gasteiger partial charge in [0.1, 0.15) is 5.69 Å². The van der Waals surface area contributed by atoms with E-state index in [9.17, 15) is 4.79 Å². The highest BCUT2D eigenvalue weighted by Crippen LogP contribution is 2.15. The Hall–Kier alpha value is -3.83. The van der Waals surface area contributed by atoms with E-state index in [2.05, 4.69) is 44.3 Å². The first kappa shape index (κ1) is 22.8. The van der Waals surface area contributed by atoms with Gasteiger partial charge in [0, 0.05) is 11.4 Å². The van der Waals surface area contributed by atoms with Crippen molar-refractivity contribution in [2.24, 2.45) is 10.7 Å². The third kappa shape index (κ3) is 7.45. The van der Waals surface area contributed by atoms with Crippen LogP contribution in [0.3, 0.4) is 0 Å². The van der Waals surface area contributed by atoms with Crippen LogP contribution in [0.15, 0.2) is 72.0 Å². The average molecular weight is 446 g/mol. The molecule has 0 fully saturated rings. The van der Waals surface area contributed by atoms with Crippen molar-refractivity contribution in [1.29, 1.82) is 0 Å². The van der Waals surface area contributed by atoms with E-state index in [1.807, 2.05) is 36.4 Å². The van der Waals surface area contributed by atoms with E-state index in [-0.39, 0.29) is 18.2 Å². The largest absolute Gasteiger partial charge is 0.463 e. The lowest BCUT2D eigenvalue weighted by Crippen LogP contribution is -2.14. The van der Waals surface area contributed by atoms with E-state index in [0.717, 1.165) is 11.3 Å². The predicted molar refractivity (Wildman–Crippen MR) is 128 cm³/mol. The van der Waals surface area contributed by atoms with Crippen LogP contribution in [0.2, 0.25) is 0 Å². The molecular formula is C24H23N5O2S. The van der Waals surface area contributed by atoms with Gasteiger partial charge in [-0.3, -0.25) is 9.79 Å². The number of ether oxygens (including phenoxy) is 1. The molecule has 3 N–H and O–H groups in total. The summed E-state index contributed by atoms with van der Waals surface area (Å²) in [5, 5.41) is 3.33. The van der Waals surface area contributed by atoms with Crippen molar-refractivity contribution in [3.63, 3.8) is 0 Å². The Kier molecular flexibility index (Phi) is 8.66. The summed E-state index contributed by atoms with van der Waals surface area (Å²) in [4.78, 5) is 25.0. The number of aromatic nitrogens is 2. The van der Waals surface area contributed by atoms with E-state index in [1.54, 1.807) is 13.0 Å². The van der Waals surface area contributed by atoms with Crippen molar-refractivity contribution in [3.8, 4) is 17.7 Å². The molecule has 0 radical (unpaired) electrons. The molecule has 3 rings (SSSR count). The molecular weight excluding hydrogens is 422 g/mol. The number of thioether (sulfide) groups is 1. The Balaban J connectivity index is 1.53. The summed E-state index contributed by atoms with van der Waals surface area (Å²) in [6, 6.07) is 17.5. The van der Waals surface area contributed by atoms with Gasteiger partial charge in [-0.1, -0.05) is 60.1 Å². The average Bonchev–Trinajstić information content (AvgIpc) is 2.83. The summed E-state index contributed by atoms with van der Waals surface area (Å²) in [6.45, 7) is 2.37. The molecule has 8 heteroatoms. The van der Waals surface area contributed by atoms with Crippen molar-refractivity contribution >= 4 is 28.5 Å². The van der Waals surface area contributed by atoms with Crippen molar-refractivity contribution in [1.82, 2.24) is 9.97 Å². The summed E-state index contributed by atoms with van der Waals surface area (Å²) in [6.07, 6.45) is 2.76. The third-order valence-electron chi connectivity index (χ3n) is 4.16. The maximum Gasteiger partial charge on any atom is 0.275 e. The first-order chi connectivity index (χ1) is 15.6. The lowest BCUT2D eigenvalue weighted by molar-refractivity contribution is 0.102. The van der Waals surface area contributed by atoms with Gasteiger partial charge in [0.05, 0.1) is 18.9 Å². The molecule has 0 saturated heterocycles. The van der Waals surface area contributed by atoms with Gasteiger partial charge in [-0.15, -0.1) is 5.92 Å². The van der Waals surface area contributed by atoms with Gasteiger partial charge in [0.2, 0.25) is 5.88 Å². The molecule has 162 valence electrons. The predicted octanol–water partition coefficient (Wildman–Crippen LogP) is 3.88. The second kappa shape index (κ2) is 12.1. The number of nitrogens with one attached hydrogen (secondary N) is 1. The van der Waals surface area contributed by atoms with Gasteiger partial charge in [0.15, 0.2) is 11.8 Å². The Morgan fingerprint density at radius 2 is 1.94 bits per heavy atom. The number of nitrogens with two attached hydrogens (primary N) is 1. The fraction of sp³-hybridized carbons (Fsp3) is 0.167. The molecule has 1 aromatic heterocycles. The maximum atomic E-state index is 12.5. The zero-order valence-electron chi connectivity index (χ0n) is 17.6. The first-order valence-corrected chi connectivity index (χ1v) is 10.8. The molecule has 0 unspecified atom stereocenters. The number of rotatable bonds is 8. The molecule has 32 heavy (non-hydrogen) atoms. The van der Waals surface area contributed by atoms with Crippen LogP contribution in [-0.2, 0) is 12.3 Å². The molecule has 0 atom stereocenters. The molecule has 0 aliphatic heterocycles. The van der Waals surface area contributed by atoms with Crippen molar-refractivity contribution in [3.05, 3.63) is 83.8 Å². The molecule has 0 bridgehead atoms. The number of carbonyl (C=O) groups excluding carboxylic acids is 1. The minimum Gasteiger partial charge on any atom is -0.463 e. The number of hydrogen-bond donors (Lipinski definition) is 2. The zero-order chi connectivity index (χ0) is 22.6. The topological polar surface area (TPSA) is 102 Å². The molecule has 7 nitrogen and oxygen atoms in total. The van der Waals surface area contributed by atoms with Crippen LogP contribution in [0.25, 0.3) is 0 Å². The highest BCUT2D eigenvalue weighted by molar-refractivity contribution is 8.13. The highest BCUT2D eigenvalue weighted by Gasteiger charge is 2.09. The fourth-order valence-corrected chi connectivity index (χ4v) is 3.24. The third-order valence-corrected chi connectivity index (χ3v) is 5.06. The normalized spacial score (nSPS) is 10.7. The first-order valence-electron chi connectivity index (χ1n) is 9.85. The molecule has 0 saturated carbocycles. The summed E-state index contributed by atoms with van der Waals surface area (Å²) in [5.41, 5.74) is 8.97. The number of aliphatic imine (C=N–C) groups is 1. The van der Waals surface area contributed by atoms with E-state index >= 15 is 0 Å². The number of benzene rings is 2. The van der Waals surface area contributed by atoms with E-state index in [1.165, 1.54) is 29.7 Å². The molecule has 0 aliphatic rings. The van der Waals surface area contributed by atoms with E-state index in [4.69, 9.17) is 10.5 Å². The Morgan fingerprint density at radius 1 is 1.12 bits per heavy atom. The number of carbonyl (C=O) groups is 1. The van der Waals surface area contributed by atoms with Crippen LogP contribution in [0.1, 0.15) is 28.5 Å². The highest BCUT2D eigenvalue weighted by atomic mass is 32.2. The quantitative estimate of drug-likeness (QED) is 0.310. The van der Waals surface area contributed by atoms with Crippen LogP contribution in [0, 0.1) is 11.8 Å². The van der Waals surface area contributed by atoms with Crippen LogP contribution in [0.5, 0.6) is 5.88 Å². The maximum absolute atomic E-state index is 12.5. The van der Waals surface area contributed by atoms with Gasteiger partial charge in [-0.05, 0) is 30.2 Å². The van der Waals surface area contributed by atoms with Gasteiger partial charge in [0.25, 0.3) is 5.91 Å². The number of amidine groups is 1. The molecule has 1 amide bonds. The number of nitrogens with zero attached hydrogens (tertiary/aromatic N) is 3. The standard InChI is InChI=1S/C24H23N5O2S/c1-2-3-12-31-22-16-26-21(15-27-22)23(30)29-20-11-7-10-19(13-20)14-28-24(25)32-17-18-8-5-4-6-9-18/h4-11,13,15-16H,12,14,17H2,1H3,(H2,25,28)(H,29,30). The Labute approximate surface area is 191 Å². The van der Waals surface area contributed by atoms with Crippen LogP contribution >= 0.6 is 11.8 Å². The van der Waals surface area contributed by atoms with Crippen molar-refractivity contribution in [2.45, 2.75) is 19.2 Å². The Morgan fingerprint density at radius 3 is 2.69 bits per heavy atom. The summed E-state index contributed by atoms with van der Waals surface area (Å²) < 4.78 is 5.30. The second-order valence-corrected chi connectivity index (χ2v) is 7.53. The van der Waals surface area contributed by atoms with Gasteiger partial charge < -0.3 is 15.8 Å². The van der Waals surface area contributed by atoms with Crippen molar-refractivity contribution in [2.75, 3.05) is 11.9 Å². The fourth-order valence-electron chi connectivity index (χ4n) is 2.58.